The van der Waals surface area contributed by atoms with E-state index in [-0.39, 0.29) is 17.6 Å². The maximum Gasteiger partial charge on any atom is 0.229 e. The molecule has 128 valence electrons. The number of benzene rings is 2. The fraction of sp³-hybridized carbons (Fsp3) is 0.143. The molecule has 5 nitrogen and oxygen atoms in total. The maximum atomic E-state index is 11.5. The van der Waals surface area contributed by atoms with Crippen LogP contribution < -0.4 is 5.32 Å². The monoisotopic (exact) mass is 343 g/mol. The predicted molar refractivity (Wildman–Crippen MR) is 101 cm³/mol. The summed E-state index contributed by atoms with van der Waals surface area (Å²) in [5.41, 5.74) is 3.96. The summed E-state index contributed by atoms with van der Waals surface area (Å²) in [4.78, 5) is 31.1. The first kappa shape index (κ1) is 17.3. The summed E-state index contributed by atoms with van der Waals surface area (Å²) in [6.45, 7) is 4.91. The van der Waals surface area contributed by atoms with E-state index < -0.39 is 0 Å². The van der Waals surface area contributed by atoms with E-state index in [4.69, 9.17) is 0 Å². The minimum Gasteiger partial charge on any atom is -0.295 e. The summed E-state index contributed by atoms with van der Waals surface area (Å²) >= 11 is 0. The van der Waals surface area contributed by atoms with Gasteiger partial charge in [0, 0.05) is 35.2 Å². The molecule has 0 atom stereocenters. The maximum absolute atomic E-state index is 11.5. The number of amides is 1. The van der Waals surface area contributed by atoms with Gasteiger partial charge in [0.2, 0.25) is 11.9 Å². The largest absolute Gasteiger partial charge is 0.295 e. The molecular formula is C21H17N3O2. The van der Waals surface area contributed by atoms with Crippen LogP contribution in [0.1, 0.15) is 40.9 Å². The van der Waals surface area contributed by atoms with Gasteiger partial charge in [0.1, 0.15) is 0 Å². The fourth-order valence-corrected chi connectivity index (χ4v) is 2.43. The molecule has 0 saturated carbocycles. The third-order valence-corrected chi connectivity index (χ3v) is 3.86. The second-order valence-electron chi connectivity index (χ2n) is 5.98. The minimum atomic E-state index is -0.221. The molecule has 1 amide bonds. The molecular weight excluding hydrogens is 326 g/mol. The lowest BCUT2D eigenvalue weighted by Gasteiger charge is -2.03. The Hall–Kier alpha value is -3.52. The quantitative estimate of drug-likeness (QED) is 0.571. The van der Waals surface area contributed by atoms with Crippen LogP contribution in [0, 0.1) is 18.8 Å². The number of hydrogen-bond acceptors (Lipinski definition) is 4. The molecule has 5 heteroatoms. The van der Waals surface area contributed by atoms with Crippen molar-refractivity contribution in [2.24, 2.45) is 0 Å². The Balaban J connectivity index is 1.97. The molecule has 0 bridgehead atoms. The SMILES string of the molecule is CC(=O)Nc1ncc2ccc(C#Cc3cc(C(C)=O)ccc3C)cc2n1. The number of nitrogens with zero attached hydrogens (tertiary/aromatic N) is 2. The topological polar surface area (TPSA) is 72.0 Å². The lowest BCUT2D eigenvalue weighted by molar-refractivity contribution is -0.114. The van der Waals surface area contributed by atoms with Crippen molar-refractivity contribution in [1.29, 1.82) is 0 Å². The highest BCUT2D eigenvalue weighted by Crippen LogP contribution is 2.15. The van der Waals surface area contributed by atoms with Gasteiger partial charge in [-0.2, -0.15) is 0 Å². The van der Waals surface area contributed by atoms with Gasteiger partial charge in [0.05, 0.1) is 5.52 Å². The van der Waals surface area contributed by atoms with Crippen LogP contribution in [0.2, 0.25) is 0 Å². The predicted octanol–water partition coefficient (Wildman–Crippen LogP) is 3.50. The minimum absolute atomic E-state index is 0.0148. The first-order valence-corrected chi connectivity index (χ1v) is 8.10. The Bertz CT molecular complexity index is 1090. The van der Waals surface area contributed by atoms with Crippen LogP contribution in [0.3, 0.4) is 0 Å². The number of Topliss-reactive ketones (excluding diaryl/α,β-unsaturated/α-hetero) is 1. The van der Waals surface area contributed by atoms with Crippen molar-refractivity contribution in [3.8, 4) is 11.8 Å². The van der Waals surface area contributed by atoms with E-state index >= 15 is 0 Å². The summed E-state index contributed by atoms with van der Waals surface area (Å²) < 4.78 is 0. The lowest BCUT2D eigenvalue weighted by atomic mass is 10.0. The Morgan fingerprint density at radius 3 is 2.58 bits per heavy atom. The summed E-state index contributed by atoms with van der Waals surface area (Å²) in [7, 11) is 0. The number of anilines is 1. The number of nitrogens with one attached hydrogen (secondary N) is 1. The van der Waals surface area contributed by atoms with E-state index in [0.717, 1.165) is 22.1 Å². The summed E-state index contributed by atoms with van der Waals surface area (Å²) in [6.07, 6.45) is 1.66. The molecule has 0 saturated heterocycles. The normalized spacial score (nSPS) is 10.1. The molecule has 1 heterocycles. The Morgan fingerprint density at radius 1 is 1.04 bits per heavy atom. The number of fused-ring (bicyclic) bond motifs is 1. The summed E-state index contributed by atoms with van der Waals surface area (Å²) in [6, 6.07) is 11.1. The van der Waals surface area contributed by atoms with E-state index in [9.17, 15) is 9.59 Å². The smallest absolute Gasteiger partial charge is 0.229 e. The van der Waals surface area contributed by atoms with Crippen LogP contribution in [0.5, 0.6) is 0 Å². The number of aryl methyl sites for hydroxylation is 1. The van der Waals surface area contributed by atoms with Gasteiger partial charge in [-0.05, 0) is 37.6 Å². The molecule has 3 rings (SSSR count). The van der Waals surface area contributed by atoms with Crippen molar-refractivity contribution < 1.29 is 9.59 Å². The van der Waals surface area contributed by atoms with Crippen molar-refractivity contribution >= 4 is 28.5 Å². The molecule has 0 radical (unpaired) electrons. The number of rotatable bonds is 2. The van der Waals surface area contributed by atoms with Crippen LogP contribution in [0.15, 0.2) is 42.6 Å². The zero-order valence-electron chi connectivity index (χ0n) is 14.8. The average molecular weight is 343 g/mol. The van der Waals surface area contributed by atoms with Crippen molar-refractivity contribution in [1.82, 2.24) is 9.97 Å². The van der Waals surface area contributed by atoms with E-state index in [2.05, 4.69) is 27.1 Å². The second-order valence-corrected chi connectivity index (χ2v) is 5.98. The molecule has 2 aromatic carbocycles. The molecule has 0 unspecified atom stereocenters. The zero-order chi connectivity index (χ0) is 18.7. The second kappa shape index (κ2) is 7.16. The number of carbonyl (C=O) groups is 2. The highest BCUT2D eigenvalue weighted by atomic mass is 16.1. The molecule has 0 aliphatic rings. The Morgan fingerprint density at radius 2 is 1.85 bits per heavy atom. The molecule has 1 aromatic heterocycles. The van der Waals surface area contributed by atoms with Gasteiger partial charge in [0.25, 0.3) is 0 Å². The number of hydrogen-bond donors (Lipinski definition) is 1. The standard InChI is InChI=1S/C21H17N3O2/c1-13-4-7-18(14(2)25)11-17(13)8-5-16-6-9-19-12-22-21(23-15(3)26)24-20(19)10-16/h4,6-7,9-12H,1-3H3,(H,22,23,24,26). The summed E-state index contributed by atoms with van der Waals surface area (Å²) in [5.74, 6) is 6.29. The first-order valence-electron chi connectivity index (χ1n) is 8.10. The van der Waals surface area contributed by atoms with Crippen LogP contribution >= 0.6 is 0 Å². The van der Waals surface area contributed by atoms with Crippen LogP contribution in [-0.4, -0.2) is 21.7 Å². The molecule has 26 heavy (non-hydrogen) atoms. The van der Waals surface area contributed by atoms with Crippen LogP contribution in [0.25, 0.3) is 10.9 Å². The molecule has 0 aliphatic carbocycles. The van der Waals surface area contributed by atoms with Crippen molar-refractivity contribution in [3.63, 3.8) is 0 Å². The number of carbonyl (C=O) groups excluding carboxylic acids is 2. The van der Waals surface area contributed by atoms with Crippen molar-refractivity contribution in [2.75, 3.05) is 5.32 Å². The van der Waals surface area contributed by atoms with Crippen molar-refractivity contribution in [2.45, 2.75) is 20.8 Å². The van der Waals surface area contributed by atoms with E-state index in [0.29, 0.717) is 11.1 Å². The molecule has 0 fully saturated rings. The molecule has 0 aliphatic heterocycles. The van der Waals surface area contributed by atoms with Gasteiger partial charge in [-0.15, -0.1) is 0 Å². The first-order chi connectivity index (χ1) is 12.4. The van der Waals surface area contributed by atoms with Gasteiger partial charge in [-0.25, -0.2) is 9.97 Å². The van der Waals surface area contributed by atoms with Crippen molar-refractivity contribution in [3.05, 3.63) is 64.8 Å². The van der Waals surface area contributed by atoms with Gasteiger partial charge in [-0.1, -0.05) is 30.0 Å². The van der Waals surface area contributed by atoms with E-state index in [1.807, 2.05) is 37.3 Å². The Labute approximate surface area is 151 Å². The molecule has 1 N–H and O–H groups in total. The van der Waals surface area contributed by atoms with Gasteiger partial charge in [0.15, 0.2) is 5.78 Å². The summed E-state index contributed by atoms with van der Waals surface area (Å²) in [5, 5.41) is 3.43. The van der Waals surface area contributed by atoms with Gasteiger partial charge < -0.3 is 0 Å². The molecule has 0 spiro atoms. The average Bonchev–Trinajstić information content (AvgIpc) is 2.60. The zero-order valence-corrected chi connectivity index (χ0v) is 14.8. The highest BCUT2D eigenvalue weighted by Gasteiger charge is 2.04. The highest BCUT2D eigenvalue weighted by molar-refractivity contribution is 5.94. The third kappa shape index (κ3) is 3.93. The number of aromatic nitrogens is 2. The molecule has 3 aromatic rings. The van der Waals surface area contributed by atoms with E-state index in [1.54, 1.807) is 12.3 Å². The van der Waals surface area contributed by atoms with E-state index in [1.165, 1.54) is 13.8 Å². The Kier molecular flexibility index (Phi) is 4.76. The van der Waals surface area contributed by atoms with Gasteiger partial charge in [-0.3, -0.25) is 14.9 Å². The lowest BCUT2D eigenvalue weighted by Crippen LogP contribution is -2.08. The van der Waals surface area contributed by atoms with Gasteiger partial charge >= 0.3 is 0 Å². The fourth-order valence-electron chi connectivity index (χ4n) is 2.43. The third-order valence-electron chi connectivity index (χ3n) is 3.86. The van der Waals surface area contributed by atoms with Crippen LogP contribution in [-0.2, 0) is 4.79 Å². The van der Waals surface area contributed by atoms with Crippen LogP contribution in [0.4, 0.5) is 5.95 Å². The number of ketones is 1.